The van der Waals surface area contributed by atoms with E-state index in [2.05, 4.69) is 0 Å². The second-order valence-corrected chi connectivity index (χ2v) is 4.41. The van der Waals surface area contributed by atoms with Gasteiger partial charge in [0, 0.05) is 6.04 Å². The van der Waals surface area contributed by atoms with Crippen LogP contribution in [0.5, 0.6) is 0 Å². The smallest absolute Gasteiger partial charge is 0.324 e. The molecule has 1 aliphatic carbocycles. The van der Waals surface area contributed by atoms with Crippen LogP contribution in [0.2, 0.25) is 0 Å². The van der Waals surface area contributed by atoms with Gasteiger partial charge in [0.15, 0.2) is 0 Å². The van der Waals surface area contributed by atoms with Crippen LogP contribution < -0.4 is 5.73 Å². The lowest BCUT2D eigenvalue weighted by Crippen LogP contribution is -2.12. The van der Waals surface area contributed by atoms with Crippen LogP contribution in [0.25, 0.3) is 0 Å². The molecule has 1 aromatic rings. The molecule has 0 saturated heterocycles. The fraction of sp³-hybridized carbons (Fsp3) is 0.500. The highest BCUT2D eigenvalue weighted by atomic mass is 19.4. The van der Waals surface area contributed by atoms with Gasteiger partial charge >= 0.3 is 6.18 Å². The molecule has 1 saturated carbocycles. The first kappa shape index (κ1) is 11.5. The Morgan fingerprint density at radius 3 is 2.19 bits per heavy atom. The molecule has 4 heteroatoms. The van der Waals surface area contributed by atoms with Crippen molar-refractivity contribution in [2.45, 2.75) is 31.5 Å². The first-order valence-corrected chi connectivity index (χ1v) is 5.39. The molecule has 1 nitrogen and oxygen atoms in total. The van der Waals surface area contributed by atoms with E-state index >= 15 is 0 Å². The molecule has 0 amide bonds. The molecule has 1 fully saturated rings. The third-order valence-electron chi connectivity index (χ3n) is 2.95. The SMILES string of the molecule is N[C@@H](CC1CC1)c1ccc(C(F)(F)F)cc1. The van der Waals surface area contributed by atoms with E-state index < -0.39 is 11.7 Å². The molecule has 16 heavy (non-hydrogen) atoms. The van der Waals surface area contributed by atoms with Crippen LogP contribution in [-0.4, -0.2) is 0 Å². The minimum atomic E-state index is -4.26. The number of halogens is 3. The highest BCUT2D eigenvalue weighted by molar-refractivity contribution is 5.26. The molecule has 1 aromatic carbocycles. The molecule has 88 valence electrons. The molecule has 2 rings (SSSR count). The molecule has 0 unspecified atom stereocenters. The Labute approximate surface area is 92.5 Å². The minimum Gasteiger partial charge on any atom is -0.324 e. The van der Waals surface area contributed by atoms with Crippen molar-refractivity contribution in [3.63, 3.8) is 0 Å². The fourth-order valence-corrected chi connectivity index (χ4v) is 1.77. The van der Waals surface area contributed by atoms with Gasteiger partial charge in [0.25, 0.3) is 0 Å². The molecule has 0 spiro atoms. The zero-order chi connectivity index (χ0) is 11.8. The summed E-state index contributed by atoms with van der Waals surface area (Å²) in [5.41, 5.74) is 6.09. The zero-order valence-corrected chi connectivity index (χ0v) is 8.80. The summed E-state index contributed by atoms with van der Waals surface area (Å²) in [6.07, 6.45) is -0.979. The maximum atomic E-state index is 12.3. The van der Waals surface area contributed by atoms with E-state index in [0.29, 0.717) is 5.92 Å². The molecule has 0 heterocycles. The molecule has 2 N–H and O–H groups in total. The van der Waals surface area contributed by atoms with Gasteiger partial charge in [-0.3, -0.25) is 0 Å². The molecule has 0 radical (unpaired) electrons. The van der Waals surface area contributed by atoms with Gasteiger partial charge in [-0.2, -0.15) is 13.2 Å². The Balaban J connectivity index is 2.05. The van der Waals surface area contributed by atoms with Crippen LogP contribution in [0, 0.1) is 5.92 Å². The number of nitrogens with two attached hydrogens (primary N) is 1. The number of rotatable bonds is 3. The van der Waals surface area contributed by atoms with Crippen molar-refractivity contribution < 1.29 is 13.2 Å². The molecule has 0 aliphatic heterocycles. The van der Waals surface area contributed by atoms with Crippen molar-refractivity contribution in [1.82, 2.24) is 0 Å². The van der Waals surface area contributed by atoms with E-state index in [-0.39, 0.29) is 6.04 Å². The van der Waals surface area contributed by atoms with Crippen molar-refractivity contribution in [2.24, 2.45) is 11.7 Å². The topological polar surface area (TPSA) is 26.0 Å². The van der Waals surface area contributed by atoms with Crippen molar-refractivity contribution in [1.29, 1.82) is 0 Å². The van der Waals surface area contributed by atoms with Gasteiger partial charge in [0.1, 0.15) is 0 Å². The highest BCUT2D eigenvalue weighted by Crippen LogP contribution is 2.37. The van der Waals surface area contributed by atoms with Gasteiger partial charge in [0.2, 0.25) is 0 Å². The lowest BCUT2D eigenvalue weighted by Gasteiger charge is -2.13. The third-order valence-corrected chi connectivity index (χ3v) is 2.95. The quantitative estimate of drug-likeness (QED) is 0.843. The van der Waals surface area contributed by atoms with Gasteiger partial charge in [-0.05, 0) is 30.0 Å². The van der Waals surface area contributed by atoms with Crippen LogP contribution in [0.1, 0.15) is 36.4 Å². The van der Waals surface area contributed by atoms with Gasteiger partial charge in [-0.15, -0.1) is 0 Å². The maximum Gasteiger partial charge on any atom is 0.416 e. The maximum absolute atomic E-state index is 12.3. The zero-order valence-electron chi connectivity index (χ0n) is 8.80. The Morgan fingerprint density at radius 2 is 1.75 bits per heavy atom. The Hall–Kier alpha value is -1.03. The predicted octanol–water partition coefficient (Wildman–Crippen LogP) is 3.51. The lowest BCUT2D eigenvalue weighted by atomic mass is 10.0. The van der Waals surface area contributed by atoms with Gasteiger partial charge in [-0.1, -0.05) is 25.0 Å². The first-order valence-electron chi connectivity index (χ1n) is 5.39. The van der Waals surface area contributed by atoms with Crippen LogP contribution in [0.3, 0.4) is 0 Å². The monoisotopic (exact) mass is 229 g/mol. The van der Waals surface area contributed by atoms with Crippen molar-refractivity contribution in [3.05, 3.63) is 35.4 Å². The van der Waals surface area contributed by atoms with E-state index in [9.17, 15) is 13.2 Å². The van der Waals surface area contributed by atoms with Crippen LogP contribution in [-0.2, 0) is 6.18 Å². The molecular weight excluding hydrogens is 215 g/mol. The summed E-state index contributed by atoms with van der Waals surface area (Å²) < 4.78 is 36.9. The van der Waals surface area contributed by atoms with Crippen molar-refractivity contribution in [3.8, 4) is 0 Å². The minimum absolute atomic E-state index is 0.130. The Bertz CT molecular complexity index is 352. The van der Waals surface area contributed by atoms with Gasteiger partial charge < -0.3 is 5.73 Å². The van der Waals surface area contributed by atoms with E-state index in [4.69, 9.17) is 5.73 Å². The lowest BCUT2D eigenvalue weighted by molar-refractivity contribution is -0.137. The molecule has 0 bridgehead atoms. The molecule has 1 atom stereocenters. The van der Waals surface area contributed by atoms with Crippen LogP contribution >= 0.6 is 0 Å². The van der Waals surface area contributed by atoms with E-state index in [1.807, 2.05) is 0 Å². The molecule has 1 aliphatic rings. The number of benzene rings is 1. The summed E-state index contributed by atoms with van der Waals surface area (Å²) in [6.45, 7) is 0. The summed E-state index contributed by atoms with van der Waals surface area (Å²) >= 11 is 0. The number of hydrogen-bond acceptors (Lipinski definition) is 1. The standard InChI is InChI=1S/C12H14F3N/c13-12(14,15)10-5-3-9(4-6-10)11(16)7-8-1-2-8/h3-6,8,11H,1-2,7,16H2/t11-/m0/s1. The van der Waals surface area contributed by atoms with Gasteiger partial charge in [0.05, 0.1) is 5.56 Å². The van der Waals surface area contributed by atoms with Crippen LogP contribution in [0.4, 0.5) is 13.2 Å². The first-order chi connectivity index (χ1) is 7.47. The average Bonchev–Trinajstić information content (AvgIpc) is 3.00. The van der Waals surface area contributed by atoms with Crippen molar-refractivity contribution in [2.75, 3.05) is 0 Å². The summed E-state index contributed by atoms with van der Waals surface area (Å²) in [7, 11) is 0. The summed E-state index contributed by atoms with van der Waals surface area (Å²) in [6, 6.07) is 5.03. The second kappa shape index (κ2) is 4.09. The average molecular weight is 229 g/mol. The number of alkyl halides is 3. The van der Waals surface area contributed by atoms with Crippen molar-refractivity contribution >= 4 is 0 Å². The summed E-state index contributed by atoms with van der Waals surface area (Å²) in [5, 5.41) is 0. The fourth-order valence-electron chi connectivity index (χ4n) is 1.77. The third kappa shape index (κ3) is 2.76. The summed E-state index contributed by atoms with van der Waals surface area (Å²) in [5.74, 6) is 0.678. The normalized spacial score (nSPS) is 18.5. The Morgan fingerprint density at radius 1 is 1.19 bits per heavy atom. The van der Waals surface area contributed by atoms with E-state index in [1.54, 1.807) is 0 Å². The van der Waals surface area contributed by atoms with Crippen LogP contribution in [0.15, 0.2) is 24.3 Å². The largest absolute Gasteiger partial charge is 0.416 e. The highest BCUT2D eigenvalue weighted by Gasteiger charge is 2.30. The predicted molar refractivity (Wildman–Crippen MR) is 55.7 cm³/mol. The van der Waals surface area contributed by atoms with E-state index in [1.165, 1.54) is 25.0 Å². The van der Waals surface area contributed by atoms with Gasteiger partial charge in [-0.25, -0.2) is 0 Å². The molecule has 0 aromatic heterocycles. The summed E-state index contributed by atoms with van der Waals surface area (Å²) in [4.78, 5) is 0. The second-order valence-electron chi connectivity index (χ2n) is 4.41. The van der Waals surface area contributed by atoms with E-state index in [0.717, 1.165) is 24.1 Å². The molecular formula is C12H14F3N. The number of hydrogen-bond donors (Lipinski definition) is 1. The Kier molecular flexibility index (Phi) is 2.93.